The monoisotopic (exact) mass is 494 g/mol. The van der Waals surface area contributed by atoms with Crippen LogP contribution in [0.1, 0.15) is 66.2 Å². The maximum Gasteiger partial charge on any atom is 0.127 e. The summed E-state index contributed by atoms with van der Waals surface area (Å²) in [7, 11) is 0. The molecule has 0 aliphatic heterocycles. The summed E-state index contributed by atoms with van der Waals surface area (Å²) in [5, 5.41) is 30.6. The molecule has 188 valence electrons. The number of hydrogen-bond acceptors (Lipinski definition) is 6. The van der Waals surface area contributed by atoms with E-state index in [0.29, 0.717) is 62.4 Å². The van der Waals surface area contributed by atoms with E-state index in [4.69, 9.17) is 22.3 Å². The lowest BCUT2D eigenvalue weighted by atomic mass is 10.2. The molecular weight excluding hydrogens is 451 g/mol. The number of aliphatic imine (C=N–C) groups is 2. The molecule has 0 fully saturated rings. The Morgan fingerprint density at radius 1 is 0.781 bits per heavy atom. The van der Waals surface area contributed by atoms with Crippen molar-refractivity contribution in [3.63, 3.8) is 0 Å². The molecule has 8 N–H and O–H groups in total. The molecule has 0 spiro atoms. The van der Waals surface area contributed by atoms with E-state index in [-0.39, 0.29) is 36.9 Å². The predicted molar refractivity (Wildman–Crippen MR) is 142 cm³/mol. The number of halogens is 2. The molecule has 32 heavy (non-hydrogen) atoms. The van der Waals surface area contributed by atoms with Crippen LogP contribution in [0.4, 0.5) is 0 Å². The highest BCUT2D eigenvalue weighted by molar-refractivity contribution is 5.86. The van der Waals surface area contributed by atoms with E-state index in [1.54, 1.807) is 0 Å². The molecule has 10 nitrogen and oxygen atoms in total. The molecular formula is C20H44Cl2N10. The van der Waals surface area contributed by atoms with Gasteiger partial charge in [0.05, 0.1) is 24.8 Å². The molecule has 0 heterocycles. The van der Waals surface area contributed by atoms with Gasteiger partial charge < -0.3 is 22.1 Å². The Morgan fingerprint density at radius 2 is 1.31 bits per heavy atom. The molecule has 0 saturated heterocycles. The molecule has 0 radical (unpaired) electrons. The molecule has 0 amide bonds. The van der Waals surface area contributed by atoms with Crippen molar-refractivity contribution in [1.29, 1.82) is 10.8 Å². The molecule has 0 aliphatic rings. The Bertz CT molecular complexity index is 593. The highest BCUT2D eigenvalue weighted by atomic mass is 35.5. The Hall–Kier alpha value is -1.94. The first-order valence-corrected chi connectivity index (χ1v) is 11.0. The number of amidine groups is 4. The third-order valence-corrected chi connectivity index (χ3v) is 4.29. The molecule has 2 unspecified atom stereocenters. The first-order chi connectivity index (χ1) is 14.4. The lowest BCUT2D eigenvalue weighted by molar-refractivity contribution is 0.665. The Balaban J connectivity index is -0.00000420. The minimum atomic E-state index is -0.347. The minimum absolute atomic E-state index is 0. The molecule has 0 aromatic heterocycles. The zero-order chi connectivity index (χ0) is 22.8. The lowest BCUT2D eigenvalue weighted by Gasteiger charge is -2.14. The van der Waals surface area contributed by atoms with Crippen LogP contribution in [-0.2, 0) is 0 Å². The van der Waals surface area contributed by atoms with Crippen molar-refractivity contribution in [2.75, 3.05) is 26.2 Å². The van der Waals surface area contributed by atoms with E-state index in [1.165, 1.54) is 0 Å². The summed E-state index contributed by atoms with van der Waals surface area (Å²) in [6, 6.07) is -0.652. The average Bonchev–Trinajstić information content (AvgIpc) is 2.72. The molecule has 0 bridgehead atoms. The van der Waals surface area contributed by atoms with Gasteiger partial charge in [0.25, 0.3) is 0 Å². The van der Waals surface area contributed by atoms with Crippen molar-refractivity contribution in [3.05, 3.63) is 0 Å². The molecule has 2 atom stereocenters. The van der Waals surface area contributed by atoms with Crippen LogP contribution in [0.15, 0.2) is 20.2 Å². The van der Waals surface area contributed by atoms with Crippen LogP contribution < -0.4 is 22.1 Å². The number of rotatable bonds is 16. The molecule has 0 aromatic rings. The summed E-state index contributed by atoms with van der Waals surface area (Å²) in [6.45, 7) is 10.2. The second kappa shape index (κ2) is 22.3. The van der Waals surface area contributed by atoms with E-state index in [1.807, 2.05) is 20.8 Å². The summed E-state index contributed by atoms with van der Waals surface area (Å²) >= 11 is 0. The van der Waals surface area contributed by atoms with Crippen LogP contribution >= 0.6 is 24.8 Å². The first kappa shape index (κ1) is 34.7. The van der Waals surface area contributed by atoms with E-state index < -0.39 is 0 Å². The first-order valence-electron chi connectivity index (χ1n) is 11.0. The van der Waals surface area contributed by atoms with E-state index in [9.17, 15) is 0 Å². The van der Waals surface area contributed by atoms with Gasteiger partial charge in [-0.05, 0) is 25.7 Å². The third-order valence-electron chi connectivity index (χ3n) is 4.29. The second-order valence-electron chi connectivity index (χ2n) is 7.00. The fourth-order valence-corrected chi connectivity index (χ4v) is 2.53. The van der Waals surface area contributed by atoms with Crippen LogP contribution in [0.2, 0.25) is 0 Å². The van der Waals surface area contributed by atoms with Gasteiger partial charge in [0.1, 0.15) is 23.8 Å². The maximum atomic E-state index is 8.20. The number of azo groups is 1. The fourth-order valence-electron chi connectivity index (χ4n) is 2.53. The molecule has 12 heteroatoms. The van der Waals surface area contributed by atoms with Gasteiger partial charge in [-0.15, -0.1) is 24.8 Å². The highest BCUT2D eigenvalue weighted by Gasteiger charge is 2.14. The van der Waals surface area contributed by atoms with Crippen molar-refractivity contribution >= 4 is 48.2 Å². The summed E-state index contributed by atoms with van der Waals surface area (Å²) in [5.41, 5.74) is 11.9. The van der Waals surface area contributed by atoms with Crippen LogP contribution in [0.25, 0.3) is 0 Å². The lowest BCUT2D eigenvalue weighted by Crippen LogP contribution is -2.35. The van der Waals surface area contributed by atoms with E-state index in [0.717, 1.165) is 25.7 Å². The number of hydrogen-bond donors (Lipinski definition) is 6. The van der Waals surface area contributed by atoms with E-state index >= 15 is 0 Å². The summed E-state index contributed by atoms with van der Waals surface area (Å²) < 4.78 is 0. The Morgan fingerprint density at radius 3 is 1.88 bits per heavy atom. The second-order valence-corrected chi connectivity index (χ2v) is 7.00. The average molecular weight is 496 g/mol. The Kier molecular flexibility index (Phi) is 24.1. The quantitative estimate of drug-likeness (QED) is 0.0835. The SMILES string of the molecule is CCCC(=N)NCCN=C(N)C(CC)N=NC(CC)C(=N)NCCN=C(N)CCC.Cl.Cl. The van der Waals surface area contributed by atoms with Gasteiger partial charge in [-0.1, -0.05) is 27.7 Å². The van der Waals surface area contributed by atoms with Gasteiger partial charge in [0.2, 0.25) is 0 Å². The smallest absolute Gasteiger partial charge is 0.127 e. The van der Waals surface area contributed by atoms with Gasteiger partial charge in [-0.2, -0.15) is 10.2 Å². The zero-order valence-electron chi connectivity index (χ0n) is 20.0. The molecule has 0 saturated carbocycles. The summed E-state index contributed by atoms with van der Waals surface area (Å²) in [6.07, 6.45) is 4.79. The van der Waals surface area contributed by atoms with Crippen molar-refractivity contribution in [1.82, 2.24) is 10.6 Å². The molecule has 0 aromatic carbocycles. The largest absolute Gasteiger partial charge is 0.387 e. The van der Waals surface area contributed by atoms with Crippen molar-refractivity contribution in [2.45, 2.75) is 78.3 Å². The highest BCUT2D eigenvalue weighted by Crippen LogP contribution is 2.05. The number of nitrogens with two attached hydrogens (primary N) is 2. The Labute approximate surface area is 205 Å². The number of nitrogens with zero attached hydrogens (tertiary/aromatic N) is 4. The van der Waals surface area contributed by atoms with Crippen molar-refractivity contribution in [2.24, 2.45) is 31.7 Å². The van der Waals surface area contributed by atoms with Crippen LogP contribution in [0.5, 0.6) is 0 Å². The van der Waals surface area contributed by atoms with Crippen LogP contribution in [0, 0.1) is 10.8 Å². The summed E-state index contributed by atoms with van der Waals surface area (Å²) in [4.78, 5) is 8.62. The normalized spacial score (nSPS) is 13.6. The van der Waals surface area contributed by atoms with Gasteiger partial charge >= 0.3 is 0 Å². The number of nitrogens with one attached hydrogen (secondary N) is 4. The van der Waals surface area contributed by atoms with Gasteiger partial charge in [-0.25, -0.2) is 0 Å². The fraction of sp³-hybridized carbons (Fsp3) is 0.800. The van der Waals surface area contributed by atoms with Crippen LogP contribution in [-0.4, -0.2) is 61.6 Å². The summed E-state index contributed by atoms with van der Waals surface area (Å²) in [5.74, 6) is 1.92. The van der Waals surface area contributed by atoms with Gasteiger partial charge in [0.15, 0.2) is 0 Å². The topological polar surface area (TPSA) is 173 Å². The predicted octanol–water partition coefficient (Wildman–Crippen LogP) is 3.29. The van der Waals surface area contributed by atoms with Gasteiger partial charge in [0, 0.05) is 25.9 Å². The molecule has 0 rings (SSSR count). The van der Waals surface area contributed by atoms with E-state index in [2.05, 4.69) is 37.8 Å². The van der Waals surface area contributed by atoms with Gasteiger partial charge in [-0.3, -0.25) is 20.8 Å². The zero-order valence-corrected chi connectivity index (χ0v) is 21.6. The van der Waals surface area contributed by atoms with Crippen molar-refractivity contribution in [3.8, 4) is 0 Å². The third kappa shape index (κ3) is 16.7. The molecule has 0 aliphatic carbocycles. The minimum Gasteiger partial charge on any atom is -0.387 e. The standard InChI is InChI=1S/C20H42N10.2ClH/c1-5-9-17(21)25-11-13-27-19(23)15(7-3)29-30-16(8-4)20(24)28-14-12-26-18(22)10-6-2;;/h15-16H,5-14H2,1-4H3,(H2,21,25)(H2,22,26)(H2,23,27)(H2,24,28);2*1H. The van der Waals surface area contributed by atoms with Crippen LogP contribution in [0.3, 0.4) is 0 Å². The van der Waals surface area contributed by atoms with Crippen molar-refractivity contribution < 1.29 is 0 Å². The maximum absolute atomic E-state index is 8.20.